The van der Waals surface area contributed by atoms with Crippen molar-refractivity contribution in [1.29, 1.82) is 0 Å². The first-order chi connectivity index (χ1) is 15.8. The number of nitrogens with one attached hydrogen (secondary N) is 1. The van der Waals surface area contributed by atoms with Crippen LogP contribution in [0, 0.1) is 24.0 Å². The molecule has 0 unspecified atom stereocenters. The third kappa shape index (κ3) is 4.35. The van der Waals surface area contributed by atoms with Crippen molar-refractivity contribution in [2.75, 3.05) is 11.9 Å². The highest BCUT2D eigenvalue weighted by Crippen LogP contribution is 2.41. The molecule has 0 saturated heterocycles. The first kappa shape index (κ1) is 22.6. The highest BCUT2D eigenvalue weighted by molar-refractivity contribution is 6.05. The molecule has 7 heteroatoms. The van der Waals surface area contributed by atoms with Crippen LogP contribution in [-0.2, 0) is 17.6 Å². The number of ether oxygens (including phenoxy) is 1. The van der Waals surface area contributed by atoms with Gasteiger partial charge in [-0.15, -0.1) is 0 Å². The van der Waals surface area contributed by atoms with Gasteiger partial charge in [0.15, 0.2) is 0 Å². The lowest BCUT2D eigenvalue weighted by Gasteiger charge is -2.15. The van der Waals surface area contributed by atoms with E-state index < -0.39 is 4.92 Å². The van der Waals surface area contributed by atoms with Gasteiger partial charge in [0.05, 0.1) is 17.2 Å². The topological polar surface area (TPSA) is 94.6 Å². The number of nitro benzene ring substituents is 1. The summed E-state index contributed by atoms with van der Waals surface area (Å²) >= 11 is 0. The fraction of sp³-hybridized carbons (Fsp3) is 0.346. The Morgan fingerprint density at radius 2 is 2.00 bits per heavy atom. The standard InChI is InChI=1S/C26H28N2O5/c1-5-32-25-17(4)26-21(19-8-6-7-9-23(19)33-26)14-20(25)16(3)12-24(29)27-22-13-18(28(30)31)11-10-15(22)2/h10-14H,5-9H2,1-4H3,(H,27,29)/b16-12+. The summed E-state index contributed by atoms with van der Waals surface area (Å²) in [5.74, 6) is 1.41. The summed E-state index contributed by atoms with van der Waals surface area (Å²) in [6.45, 7) is 8.08. The number of anilines is 1. The maximum atomic E-state index is 12.8. The second kappa shape index (κ2) is 9.10. The second-order valence-electron chi connectivity index (χ2n) is 8.47. The average Bonchev–Trinajstić information content (AvgIpc) is 3.16. The number of carbonyl (C=O) groups excluding carboxylic acids is 1. The van der Waals surface area contributed by atoms with Crippen LogP contribution < -0.4 is 10.1 Å². The molecule has 1 aromatic heterocycles. The zero-order chi connectivity index (χ0) is 23.7. The van der Waals surface area contributed by atoms with Gasteiger partial charge in [0.2, 0.25) is 5.91 Å². The Morgan fingerprint density at radius 1 is 1.24 bits per heavy atom. The number of hydrogen-bond donors (Lipinski definition) is 1. The molecule has 1 aliphatic rings. The molecular weight excluding hydrogens is 420 g/mol. The third-order valence-corrected chi connectivity index (χ3v) is 6.18. The van der Waals surface area contributed by atoms with E-state index in [1.54, 1.807) is 13.0 Å². The Balaban J connectivity index is 1.73. The Morgan fingerprint density at radius 3 is 2.73 bits per heavy atom. The Bertz CT molecular complexity index is 1290. The van der Waals surface area contributed by atoms with Crippen molar-refractivity contribution in [3.8, 4) is 5.75 Å². The summed E-state index contributed by atoms with van der Waals surface area (Å²) < 4.78 is 12.2. The number of allylic oxidation sites excluding steroid dienone is 1. The van der Waals surface area contributed by atoms with Crippen LogP contribution in [0.25, 0.3) is 16.5 Å². The first-order valence-corrected chi connectivity index (χ1v) is 11.3. The molecule has 7 nitrogen and oxygen atoms in total. The lowest BCUT2D eigenvalue weighted by atomic mass is 9.93. The molecule has 0 bridgehead atoms. The maximum Gasteiger partial charge on any atom is 0.271 e. The number of furan rings is 1. The predicted molar refractivity (Wildman–Crippen MR) is 129 cm³/mol. The van der Waals surface area contributed by atoms with Crippen LogP contribution in [-0.4, -0.2) is 17.4 Å². The number of fused-ring (bicyclic) bond motifs is 3. The minimum Gasteiger partial charge on any atom is -0.493 e. The van der Waals surface area contributed by atoms with Crippen LogP contribution >= 0.6 is 0 Å². The number of benzene rings is 2. The number of aryl methyl sites for hydroxylation is 4. The number of hydrogen-bond acceptors (Lipinski definition) is 5. The van der Waals surface area contributed by atoms with Gasteiger partial charge in [-0.05, 0) is 64.2 Å². The van der Waals surface area contributed by atoms with E-state index in [2.05, 4.69) is 11.4 Å². The van der Waals surface area contributed by atoms with E-state index in [4.69, 9.17) is 9.15 Å². The molecule has 33 heavy (non-hydrogen) atoms. The molecule has 1 amide bonds. The van der Waals surface area contributed by atoms with E-state index >= 15 is 0 Å². The molecule has 4 rings (SSSR count). The quantitative estimate of drug-likeness (QED) is 0.272. The van der Waals surface area contributed by atoms with Crippen molar-refractivity contribution in [3.63, 3.8) is 0 Å². The van der Waals surface area contributed by atoms with Crippen molar-refractivity contribution < 1.29 is 18.9 Å². The van der Waals surface area contributed by atoms with E-state index in [0.29, 0.717) is 18.0 Å². The maximum absolute atomic E-state index is 12.8. The zero-order valence-corrected chi connectivity index (χ0v) is 19.4. The van der Waals surface area contributed by atoms with Gasteiger partial charge in [-0.3, -0.25) is 14.9 Å². The normalized spacial score (nSPS) is 13.6. The summed E-state index contributed by atoms with van der Waals surface area (Å²) in [5.41, 5.74) is 5.74. The predicted octanol–water partition coefficient (Wildman–Crippen LogP) is 6.28. The molecule has 0 radical (unpaired) electrons. The molecule has 0 saturated carbocycles. The molecule has 0 fully saturated rings. The van der Waals surface area contributed by atoms with Crippen LogP contribution in [0.3, 0.4) is 0 Å². The van der Waals surface area contributed by atoms with E-state index in [9.17, 15) is 14.9 Å². The van der Waals surface area contributed by atoms with Gasteiger partial charge in [-0.2, -0.15) is 0 Å². The van der Waals surface area contributed by atoms with Crippen LogP contribution in [0.15, 0.2) is 34.8 Å². The molecule has 3 aromatic rings. The molecule has 1 heterocycles. The van der Waals surface area contributed by atoms with E-state index in [0.717, 1.165) is 64.7 Å². The van der Waals surface area contributed by atoms with Gasteiger partial charge in [0.1, 0.15) is 17.1 Å². The monoisotopic (exact) mass is 448 g/mol. The van der Waals surface area contributed by atoms with Crippen LogP contribution in [0.1, 0.15) is 54.7 Å². The highest BCUT2D eigenvalue weighted by atomic mass is 16.6. The SMILES string of the molecule is CCOc1c(/C(C)=C/C(=O)Nc2cc([N+](=O)[O-])ccc2C)cc2c3c(oc2c1C)CCCC3. The molecule has 0 spiro atoms. The first-order valence-electron chi connectivity index (χ1n) is 11.3. The molecule has 0 atom stereocenters. The fourth-order valence-electron chi connectivity index (χ4n) is 4.46. The molecule has 1 N–H and O–H groups in total. The number of non-ortho nitro benzene ring substituents is 1. The second-order valence-corrected chi connectivity index (χ2v) is 8.47. The van der Waals surface area contributed by atoms with Crippen LogP contribution in [0.5, 0.6) is 5.75 Å². The van der Waals surface area contributed by atoms with Crippen LogP contribution in [0.2, 0.25) is 0 Å². The molecule has 0 aliphatic heterocycles. The number of nitro groups is 1. The summed E-state index contributed by atoms with van der Waals surface area (Å²) in [7, 11) is 0. The van der Waals surface area contributed by atoms with Crippen molar-refractivity contribution in [2.24, 2.45) is 0 Å². The number of rotatable bonds is 6. The van der Waals surface area contributed by atoms with E-state index in [1.165, 1.54) is 23.8 Å². The zero-order valence-electron chi connectivity index (χ0n) is 19.4. The molecule has 172 valence electrons. The minimum atomic E-state index is -0.478. The smallest absolute Gasteiger partial charge is 0.271 e. The van der Waals surface area contributed by atoms with Gasteiger partial charge in [0, 0.05) is 46.7 Å². The van der Waals surface area contributed by atoms with Gasteiger partial charge < -0.3 is 14.5 Å². The van der Waals surface area contributed by atoms with Gasteiger partial charge in [-0.25, -0.2) is 0 Å². The average molecular weight is 449 g/mol. The Kier molecular flexibility index (Phi) is 6.22. The summed E-state index contributed by atoms with van der Waals surface area (Å²) in [6.07, 6.45) is 5.72. The molecule has 1 aliphatic carbocycles. The van der Waals surface area contributed by atoms with E-state index in [1.807, 2.05) is 20.8 Å². The Labute approximate surface area is 192 Å². The largest absolute Gasteiger partial charge is 0.493 e. The molecular formula is C26H28N2O5. The number of carbonyl (C=O) groups is 1. The van der Waals surface area contributed by atoms with Crippen molar-refractivity contribution in [2.45, 2.75) is 53.4 Å². The number of amides is 1. The van der Waals surface area contributed by atoms with Gasteiger partial charge >= 0.3 is 0 Å². The van der Waals surface area contributed by atoms with Crippen molar-refractivity contribution in [3.05, 3.63) is 68.5 Å². The molecule has 2 aromatic carbocycles. The van der Waals surface area contributed by atoms with Crippen molar-refractivity contribution in [1.82, 2.24) is 0 Å². The lowest BCUT2D eigenvalue weighted by Crippen LogP contribution is -2.10. The summed E-state index contributed by atoms with van der Waals surface area (Å²) in [5, 5.41) is 15.0. The highest BCUT2D eigenvalue weighted by Gasteiger charge is 2.23. The van der Waals surface area contributed by atoms with Gasteiger partial charge in [0.25, 0.3) is 5.69 Å². The number of nitrogens with zero attached hydrogens (tertiary/aromatic N) is 1. The van der Waals surface area contributed by atoms with Crippen molar-refractivity contribution >= 4 is 33.8 Å². The van der Waals surface area contributed by atoms with Gasteiger partial charge in [-0.1, -0.05) is 6.07 Å². The Hall–Kier alpha value is -3.61. The fourth-order valence-corrected chi connectivity index (χ4v) is 4.46. The summed E-state index contributed by atoms with van der Waals surface area (Å²) in [4.78, 5) is 23.4. The summed E-state index contributed by atoms with van der Waals surface area (Å²) in [6, 6.07) is 6.48. The van der Waals surface area contributed by atoms with E-state index in [-0.39, 0.29) is 11.6 Å². The lowest BCUT2D eigenvalue weighted by molar-refractivity contribution is -0.384. The third-order valence-electron chi connectivity index (χ3n) is 6.18. The minimum absolute atomic E-state index is 0.0685. The van der Waals surface area contributed by atoms with Crippen LogP contribution in [0.4, 0.5) is 11.4 Å².